The van der Waals surface area contributed by atoms with Gasteiger partial charge in [0.2, 0.25) is 0 Å². The average molecular weight is 294 g/mol. The largest absolute Gasteiger partial charge is 0.382 e. The van der Waals surface area contributed by atoms with Gasteiger partial charge in [0.25, 0.3) is 5.91 Å². The van der Waals surface area contributed by atoms with E-state index in [2.05, 4.69) is 16.5 Å². The Kier molecular flexibility index (Phi) is 5.00. The molecule has 1 fully saturated rings. The summed E-state index contributed by atoms with van der Waals surface area (Å²) in [4.78, 5) is 21.0. The summed E-state index contributed by atoms with van der Waals surface area (Å²) in [5.74, 6) is 0.260. The smallest absolute Gasteiger partial charge is 0.267 e. The molecule has 1 amide bonds. The monoisotopic (exact) mass is 294 g/mol. The van der Waals surface area contributed by atoms with Crippen molar-refractivity contribution >= 4 is 28.2 Å². The van der Waals surface area contributed by atoms with E-state index in [0.29, 0.717) is 17.2 Å². The molecule has 2 rings (SSSR count). The maximum absolute atomic E-state index is 12.3. The highest BCUT2D eigenvalue weighted by molar-refractivity contribution is 7.18. The average Bonchev–Trinajstić information content (AvgIpc) is 2.66. The Morgan fingerprint density at radius 1 is 1.45 bits per heavy atom. The molecule has 0 atom stereocenters. The number of rotatable bonds is 4. The van der Waals surface area contributed by atoms with Gasteiger partial charge in [-0.1, -0.05) is 30.3 Å². The molecule has 6 heteroatoms. The van der Waals surface area contributed by atoms with Crippen LogP contribution in [0, 0.1) is 0 Å². The van der Waals surface area contributed by atoms with Crippen molar-refractivity contribution in [3.63, 3.8) is 0 Å². The predicted molar refractivity (Wildman–Crippen MR) is 84.4 cm³/mol. The van der Waals surface area contributed by atoms with Gasteiger partial charge in [-0.15, -0.1) is 6.58 Å². The van der Waals surface area contributed by atoms with Crippen LogP contribution >= 0.6 is 11.3 Å². The van der Waals surface area contributed by atoms with Crippen LogP contribution in [0.1, 0.15) is 35.4 Å². The molecule has 0 aromatic carbocycles. The molecule has 1 aromatic rings. The molecule has 1 aliphatic heterocycles. The molecule has 0 radical (unpaired) electrons. The van der Waals surface area contributed by atoms with E-state index in [0.717, 1.165) is 18.2 Å². The summed E-state index contributed by atoms with van der Waals surface area (Å²) in [6, 6.07) is 0. The summed E-state index contributed by atoms with van der Waals surface area (Å²) in [5, 5.41) is 0.875. The number of carbonyl (C=O) groups is 1. The number of anilines is 2. The Morgan fingerprint density at radius 3 is 2.70 bits per heavy atom. The molecular formula is C14H22N4OS. The molecule has 0 bridgehead atoms. The lowest BCUT2D eigenvalue weighted by atomic mass is 10.2. The minimum absolute atomic E-state index is 0.0824. The molecular weight excluding hydrogens is 272 g/mol. The molecule has 110 valence electrons. The Balaban J connectivity index is 2.15. The van der Waals surface area contributed by atoms with Gasteiger partial charge in [-0.05, 0) is 12.8 Å². The second-order valence-electron chi connectivity index (χ2n) is 5.09. The van der Waals surface area contributed by atoms with E-state index >= 15 is 0 Å². The van der Waals surface area contributed by atoms with Gasteiger partial charge in [0.05, 0.1) is 0 Å². The van der Waals surface area contributed by atoms with Gasteiger partial charge in [-0.25, -0.2) is 4.98 Å². The van der Waals surface area contributed by atoms with Crippen molar-refractivity contribution < 1.29 is 4.79 Å². The maximum Gasteiger partial charge on any atom is 0.267 e. The van der Waals surface area contributed by atoms with Crippen LogP contribution < -0.4 is 10.6 Å². The van der Waals surface area contributed by atoms with E-state index in [4.69, 9.17) is 5.73 Å². The lowest BCUT2D eigenvalue weighted by molar-refractivity contribution is 0.0815. The molecule has 2 N–H and O–H groups in total. The summed E-state index contributed by atoms with van der Waals surface area (Å²) in [5.41, 5.74) is 5.92. The number of amides is 1. The van der Waals surface area contributed by atoms with Crippen LogP contribution in [-0.2, 0) is 0 Å². The van der Waals surface area contributed by atoms with E-state index in [1.807, 2.05) is 0 Å². The number of hydrogen-bond acceptors (Lipinski definition) is 5. The number of aromatic nitrogens is 1. The first-order chi connectivity index (χ1) is 9.63. The summed E-state index contributed by atoms with van der Waals surface area (Å²) < 4.78 is 0. The molecule has 5 nitrogen and oxygen atoms in total. The second-order valence-corrected chi connectivity index (χ2v) is 6.06. The predicted octanol–water partition coefficient (Wildman–Crippen LogP) is 2.36. The van der Waals surface area contributed by atoms with E-state index in [9.17, 15) is 4.79 Å². The number of nitrogens with two attached hydrogens (primary N) is 1. The van der Waals surface area contributed by atoms with Gasteiger partial charge >= 0.3 is 0 Å². The fourth-order valence-electron chi connectivity index (χ4n) is 2.32. The van der Waals surface area contributed by atoms with Gasteiger partial charge in [0, 0.05) is 26.7 Å². The number of carbonyl (C=O) groups excluding carboxylic acids is 1. The minimum atomic E-state index is -0.0824. The van der Waals surface area contributed by atoms with Crippen molar-refractivity contribution in [2.45, 2.75) is 25.7 Å². The Hall–Kier alpha value is -1.56. The molecule has 1 aliphatic rings. The zero-order chi connectivity index (χ0) is 14.5. The van der Waals surface area contributed by atoms with Crippen molar-refractivity contribution in [1.82, 2.24) is 9.88 Å². The number of likely N-dealkylation sites (N-methyl/N-ethyl adjacent to an activating group) is 1. The number of nitrogens with zero attached hydrogens (tertiary/aromatic N) is 3. The second kappa shape index (κ2) is 6.74. The first-order valence-electron chi connectivity index (χ1n) is 7.01. The highest BCUT2D eigenvalue weighted by Gasteiger charge is 2.22. The molecule has 2 heterocycles. The fourth-order valence-corrected chi connectivity index (χ4v) is 3.35. The SMILES string of the molecule is C=CCN(C)C(=O)c1sc(N2CCCCCC2)nc1N. The topological polar surface area (TPSA) is 62.5 Å². The standard InChI is InChI=1S/C14H22N4OS/c1-3-8-17(2)13(19)11-12(15)16-14(20-11)18-9-6-4-5-7-10-18/h3H,1,4-10,15H2,2H3. The van der Waals surface area contributed by atoms with Crippen molar-refractivity contribution in [3.05, 3.63) is 17.5 Å². The highest BCUT2D eigenvalue weighted by atomic mass is 32.1. The lowest BCUT2D eigenvalue weighted by Crippen LogP contribution is -2.26. The van der Waals surface area contributed by atoms with Gasteiger partial charge in [-0.3, -0.25) is 4.79 Å². The maximum atomic E-state index is 12.3. The van der Waals surface area contributed by atoms with Crippen LogP contribution in [0.25, 0.3) is 0 Å². The summed E-state index contributed by atoms with van der Waals surface area (Å²) in [6.45, 7) is 6.16. The van der Waals surface area contributed by atoms with E-state index < -0.39 is 0 Å². The third-order valence-corrected chi connectivity index (χ3v) is 4.58. The summed E-state index contributed by atoms with van der Waals surface area (Å²) >= 11 is 1.40. The molecule has 1 aromatic heterocycles. The van der Waals surface area contributed by atoms with Gasteiger partial charge < -0.3 is 15.5 Å². The van der Waals surface area contributed by atoms with Gasteiger partial charge in [-0.2, -0.15) is 0 Å². The number of thiazole rings is 1. The highest BCUT2D eigenvalue weighted by Crippen LogP contribution is 2.30. The number of nitrogen functional groups attached to an aromatic ring is 1. The third-order valence-electron chi connectivity index (χ3n) is 3.46. The Bertz CT molecular complexity index is 478. The van der Waals surface area contributed by atoms with Crippen molar-refractivity contribution in [2.24, 2.45) is 0 Å². The molecule has 1 saturated heterocycles. The van der Waals surface area contributed by atoms with Gasteiger partial charge in [0.1, 0.15) is 10.7 Å². The number of hydrogen-bond donors (Lipinski definition) is 1. The minimum Gasteiger partial charge on any atom is -0.382 e. The zero-order valence-corrected chi connectivity index (χ0v) is 12.8. The molecule has 0 saturated carbocycles. The van der Waals surface area contributed by atoms with E-state index in [1.165, 1.54) is 37.0 Å². The summed E-state index contributed by atoms with van der Waals surface area (Å²) in [6.07, 6.45) is 6.60. The van der Waals surface area contributed by atoms with Crippen molar-refractivity contribution in [2.75, 3.05) is 37.3 Å². The fraction of sp³-hybridized carbons (Fsp3) is 0.571. The first kappa shape index (κ1) is 14.8. The molecule has 20 heavy (non-hydrogen) atoms. The van der Waals surface area contributed by atoms with Crippen molar-refractivity contribution in [1.29, 1.82) is 0 Å². The summed E-state index contributed by atoms with van der Waals surface area (Å²) in [7, 11) is 1.74. The molecule has 0 unspecified atom stereocenters. The Labute approximate surface area is 124 Å². The van der Waals surface area contributed by atoms with Crippen LogP contribution in [0.3, 0.4) is 0 Å². The van der Waals surface area contributed by atoms with E-state index in [-0.39, 0.29) is 5.91 Å². The van der Waals surface area contributed by atoms with Crippen molar-refractivity contribution in [3.8, 4) is 0 Å². The normalized spacial score (nSPS) is 15.8. The molecule has 0 spiro atoms. The van der Waals surface area contributed by atoms with E-state index in [1.54, 1.807) is 18.0 Å². The van der Waals surface area contributed by atoms with Crippen LogP contribution in [0.15, 0.2) is 12.7 Å². The van der Waals surface area contributed by atoms with Crippen LogP contribution in [0.2, 0.25) is 0 Å². The van der Waals surface area contributed by atoms with Crippen LogP contribution in [0.5, 0.6) is 0 Å². The Morgan fingerprint density at radius 2 is 2.10 bits per heavy atom. The van der Waals surface area contributed by atoms with Crippen LogP contribution in [-0.4, -0.2) is 42.5 Å². The zero-order valence-electron chi connectivity index (χ0n) is 12.0. The van der Waals surface area contributed by atoms with Gasteiger partial charge in [0.15, 0.2) is 5.13 Å². The third kappa shape index (κ3) is 3.30. The first-order valence-corrected chi connectivity index (χ1v) is 7.82. The lowest BCUT2D eigenvalue weighted by Gasteiger charge is -2.18. The van der Waals surface area contributed by atoms with Crippen LogP contribution in [0.4, 0.5) is 10.9 Å². The molecule has 0 aliphatic carbocycles. The quantitative estimate of drug-likeness (QED) is 0.866.